The molecule has 0 aliphatic carbocycles. The van der Waals surface area contributed by atoms with Gasteiger partial charge in [0.15, 0.2) is 13.6 Å². The van der Waals surface area contributed by atoms with Gasteiger partial charge in [0, 0.05) is 11.4 Å². The lowest BCUT2D eigenvalue weighted by Gasteiger charge is -2.31. The van der Waals surface area contributed by atoms with Crippen molar-refractivity contribution in [1.29, 1.82) is 0 Å². The molecule has 0 spiro atoms. The van der Waals surface area contributed by atoms with Crippen LogP contribution in [-0.2, 0) is 13.1 Å². The smallest absolute Gasteiger partial charge is 0.187 e. The number of rotatable bonds is 8. The molecular weight excluding hydrogens is 552 g/mol. The molecule has 0 fully saturated rings. The van der Waals surface area contributed by atoms with Crippen LogP contribution in [0.5, 0.6) is 0 Å². The highest BCUT2D eigenvalue weighted by Crippen LogP contribution is 2.57. The first-order chi connectivity index (χ1) is 15.5. The van der Waals surface area contributed by atoms with E-state index in [1.807, 2.05) is 0 Å². The summed E-state index contributed by atoms with van der Waals surface area (Å²) in [5.41, 5.74) is 11.8. The molecule has 0 aliphatic rings. The monoisotopic (exact) mass is 578 g/mol. The zero-order valence-electron chi connectivity index (χ0n) is 19.6. The van der Waals surface area contributed by atoms with Gasteiger partial charge in [0.2, 0.25) is 0 Å². The molecule has 2 nitrogen and oxygen atoms in total. The lowest BCUT2D eigenvalue weighted by molar-refractivity contribution is 0.971. The average Bonchev–Trinajstić information content (AvgIpc) is 3.11. The van der Waals surface area contributed by atoms with Crippen LogP contribution in [0.2, 0.25) is 0 Å². The topological polar surface area (TPSA) is 6.48 Å². The molecule has 0 saturated carbocycles. The summed E-state index contributed by atoms with van der Waals surface area (Å²) in [5, 5.41) is 4.34. The fourth-order valence-electron chi connectivity index (χ4n) is 4.53. The van der Waals surface area contributed by atoms with Gasteiger partial charge in [-0.15, -0.1) is 0 Å². The molecule has 0 saturated heterocycles. The van der Waals surface area contributed by atoms with Crippen LogP contribution in [0.15, 0.2) is 35.0 Å². The van der Waals surface area contributed by atoms with E-state index in [4.69, 9.17) is 45.0 Å². The summed E-state index contributed by atoms with van der Waals surface area (Å²) in [6, 6.07) is 8.70. The van der Waals surface area contributed by atoms with Gasteiger partial charge < -0.3 is 9.34 Å². The Kier molecular flexibility index (Phi) is 9.67. The van der Waals surface area contributed by atoms with Crippen LogP contribution >= 0.6 is 69.9 Å². The Hall–Kier alpha value is -0.240. The highest BCUT2D eigenvalue weighted by atomic mass is 35.9. The Balaban J connectivity index is 1.96. The van der Waals surface area contributed by atoms with Gasteiger partial charge in [-0.3, -0.25) is 0 Å². The van der Waals surface area contributed by atoms with Crippen LogP contribution in [0.25, 0.3) is 0 Å². The normalized spacial score (nSPS) is 11.5. The molecule has 3 rings (SSSR count). The predicted molar refractivity (Wildman–Crippen MR) is 155 cm³/mol. The van der Waals surface area contributed by atoms with Crippen molar-refractivity contribution in [2.45, 2.75) is 54.6 Å². The second-order valence-corrected chi connectivity index (χ2v) is 15.9. The first kappa shape index (κ1) is 27.3. The summed E-state index contributed by atoms with van der Waals surface area (Å²) in [6.07, 6.45) is 0. The van der Waals surface area contributed by atoms with Gasteiger partial charge in [0.1, 0.15) is 0 Å². The van der Waals surface area contributed by atoms with Gasteiger partial charge in [0.25, 0.3) is 0 Å². The van der Waals surface area contributed by atoms with E-state index in [0.717, 1.165) is 11.4 Å². The lowest BCUT2D eigenvalue weighted by atomic mass is 10.0. The molecule has 9 heteroatoms. The number of anilines is 2. The Morgan fingerprint density at radius 3 is 1.18 bits per heavy atom. The molecular formula is C24H28Cl4N2P2S. The van der Waals surface area contributed by atoms with E-state index >= 15 is 0 Å². The maximum Gasteiger partial charge on any atom is 0.187 e. The zero-order chi connectivity index (χ0) is 24.4. The Labute approximate surface area is 223 Å². The highest BCUT2D eigenvalue weighted by molar-refractivity contribution is 8.05. The fourth-order valence-corrected chi connectivity index (χ4v) is 8.37. The third kappa shape index (κ3) is 6.50. The maximum atomic E-state index is 6.55. The van der Waals surface area contributed by atoms with Crippen molar-refractivity contribution in [2.75, 3.05) is 9.34 Å². The minimum Gasteiger partial charge on any atom is -0.321 e. The van der Waals surface area contributed by atoms with Crippen molar-refractivity contribution >= 4 is 81.2 Å². The largest absolute Gasteiger partial charge is 0.321 e. The van der Waals surface area contributed by atoms with Crippen LogP contribution in [0.4, 0.5) is 11.4 Å². The molecule has 0 amide bonds. The summed E-state index contributed by atoms with van der Waals surface area (Å²) in [4.78, 5) is 0. The lowest BCUT2D eigenvalue weighted by Crippen LogP contribution is -2.19. The van der Waals surface area contributed by atoms with Crippen molar-refractivity contribution in [3.63, 3.8) is 0 Å². The molecule has 3 aromatic rings. The number of halogens is 4. The number of thiophene rings is 1. The minimum atomic E-state index is -1.37. The molecule has 1 aromatic heterocycles. The fraction of sp³-hybridized carbons (Fsp3) is 0.333. The van der Waals surface area contributed by atoms with E-state index in [-0.39, 0.29) is 0 Å². The van der Waals surface area contributed by atoms with Gasteiger partial charge in [-0.1, -0.05) is 80.4 Å². The van der Waals surface area contributed by atoms with Crippen LogP contribution < -0.4 is 9.34 Å². The molecule has 178 valence electrons. The molecule has 0 atom stereocenters. The van der Waals surface area contributed by atoms with Crippen LogP contribution in [0.1, 0.15) is 44.5 Å². The maximum absolute atomic E-state index is 6.55. The van der Waals surface area contributed by atoms with E-state index in [1.54, 1.807) is 11.3 Å². The van der Waals surface area contributed by atoms with Crippen molar-refractivity contribution in [1.82, 2.24) is 0 Å². The second kappa shape index (κ2) is 11.7. The molecule has 0 radical (unpaired) electrons. The van der Waals surface area contributed by atoms with E-state index in [1.165, 1.54) is 44.5 Å². The minimum absolute atomic E-state index is 0.629. The highest BCUT2D eigenvalue weighted by Gasteiger charge is 2.24. The van der Waals surface area contributed by atoms with E-state index in [9.17, 15) is 0 Å². The standard InChI is InChI=1S/C24H28Cl4N2P2S/c1-15-7-17(3)23(18(4)8-15)29(31(25)26)11-21-13-33-14-22(21)12-30(32(27)28)24-19(5)9-16(2)10-20(24)6/h7-10,13-14H,11-12H2,1-6H3. The molecule has 2 aromatic carbocycles. The molecule has 0 bridgehead atoms. The molecule has 0 unspecified atom stereocenters. The van der Waals surface area contributed by atoms with Gasteiger partial charge in [-0.2, -0.15) is 11.3 Å². The van der Waals surface area contributed by atoms with Gasteiger partial charge in [-0.05, 0) is 85.7 Å². The van der Waals surface area contributed by atoms with Gasteiger partial charge in [0.05, 0.1) is 13.1 Å². The third-order valence-electron chi connectivity index (χ3n) is 5.63. The number of hydrogen-bond acceptors (Lipinski definition) is 3. The number of benzene rings is 2. The predicted octanol–water partition coefficient (Wildman–Crippen LogP) is 11.0. The average molecular weight is 580 g/mol. The molecule has 0 aliphatic heterocycles. The quantitative estimate of drug-likeness (QED) is 0.245. The number of aryl methyl sites for hydroxylation is 6. The first-order valence-electron chi connectivity index (χ1n) is 10.5. The second-order valence-electron chi connectivity index (χ2n) is 8.46. The molecule has 0 N–H and O–H groups in total. The summed E-state index contributed by atoms with van der Waals surface area (Å²) in [6.45, 7) is 11.2. The van der Waals surface area contributed by atoms with Crippen LogP contribution in [0, 0.1) is 41.5 Å². The van der Waals surface area contributed by atoms with E-state index in [0.29, 0.717) is 13.1 Å². The Morgan fingerprint density at radius 1 is 0.606 bits per heavy atom. The first-order valence-corrected chi connectivity index (χ1v) is 17.6. The van der Waals surface area contributed by atoms with E-state index in [2.05, 4.69) is 85.9 Å². The van der Waals surface area contributed by atoms with Crippen LogP contribution in [-0.4, -0.2) is 0 Å². The molecule has 33 heavy (non-hydrogen) atoms. The summed E-state index contributed by atoms with van der Waals surface area (Å²) < 4.78 is 4.23. The zero-order valence-corrected chi connectivity index (χ0v) is 25.2. The van der Waals surface area contributed by atoms with E-state index < -0.39 is 13.6 Å². The van der Waals surface area contributed by atoms with Crippen molar-refractivity contribution < 1.29 is 0 Å². The molecule has 1 heterocycles. The number of nitrogens with zero attached hydrogens (tertiary/aromatic N) is 2. The van der Waals surface area contributed by atoms with Crippen LogP contribution in [0.3, 0.4) is 0 Å². The van der Waals surface area contributed by atoms with Gasteiger partial charge >= 0.3 is 0 Å². The number of hydrogen-bond donors (Lipinski definition) is 0. The Bertz CT molecular complexity index is 1000. The Morgan fingerprint density at radius 2 is 0.909 bits per heavy atom. The summed E-state index contributed by atoms with van der Waals surface area (Å²) in [7, 11) is 0. The SMILES string of the molecule is Cc1cc(C)c(N(Cc2cscc2CN(c2c(C)cc(C)cc2C)P(Cl)Cl)P(Cl)Cl)c(C)c1. The van der Waals surface area contributed by atoms with Crippen molar-refractivity contribution in [3.05, 3.63) is 79.5 Å². The summed E-state index contributed by atoms with van der Waals surface area (Å²) >= 11 is 27.9. The summed E-state index contributed by atoms with van der Waals surface area (Å²) in [5.74, 6) is 0. The van der Waals surface area contributed by atoms with Gasteiger partial charge in [-0.25, -0.2) is 0 Å². The third-order valence-corrected chi connectivity index (χ3v) is 10.1. The van der Waals surface area contributed by atoms with Crippen molar-refractivity contribution in [2.24, 2.45) is 0 Å². The van der Waals surface area contributed by atoms with Crippen molar-refractivity contribution in [3.8, 4) is 0 Å².